The predicted molar refractivity (Wildman–Crippen MR) is 99.8 cm³/mol. The smallest absolute Gasteiger partial charge is 0.292 e. The summed E-state index contributed by atoms with van der Waals surface area (Å²) in [6.45, 7) is 3.50. The molecule has 2 amide bonds. The minimum atomic E-state index is -0.740. The Morgan fingerprint density at radius 2 is 1.89 bits per heavy atom. The molecule has 8 nitrogen and oxygen atoms in total. The molecular formula is C19H18N4O4. The number of benzene rings is 2. The van der Waals surface area contributed by atoms with E-state index in [0.717, 1.165) is 0 Å². The van der Waals surface area contributed by atoms with Gasteiger partial charge in [-0.15, -0.1) is 0 Å². The van der Waals surface area contributed by atoms with Crippen molar-refractivity contribution in [2.45, 2.75) is 19.6 Å². The van der Waals surface area contributed by atoms with E-state index in [1.165, 1.54) is 5.01 Å². The second kappa shape index (κ2) is 6.31. The van der Waals surface area contributed by atoms with E-state index >= 15 is 0 Å². The summed E-state index contributed by atoms with van der Waals surface area (Å²) in [5.41, 5.74) is 3.94. The number of carbonyl (C=O) groups excluding carboxylic acids is 2. The van der Waals surface area contributed by atoms with Crippen LogP contribution in [0.3, 0.4) is 0 Å². The highest BCUT2D eigenvalue weighted by atomic mass is 16.7. The molecule has 2 aromatic rings. The number of hydrogen-bond donors (Lipinski definition) is 2. The van der Waals surface area contributed by atoms with Crippen LogP contribution in [-0.2, 0) is 9.59 Å². The van der Waals surface area contributed by atoms with Gasteiger partial charge in [-0.2, -0.15) is 0 Å². The van der Waals surface area contributed by atoms with E-state index in [1.807, 2.05) is 18.2 Å². The van der Waals surface area contributed by atoms with Crippen LogP contribution in [0.15, 0.2) is 53.5 Å². The Kier molecular flexibility index (Phi) is 3.95. The number of ether oxygens (including phenoxy) is 2. The average Bonchev–Trinajstić information content (AvgIpc) is 2.96. The Labute approximate surface area is 155 Å². The summed E-state index contributed by atoms with van der Waals surface area (Å²) in [4.78, 5) is 28.7. The van der Waals surface area contributed by atoms with Crippen molar-refractivity contribution in [2.24, 2.45) is 4.99 Å². The summed E-state index contributed by atoms with van der Waals surface area (Å²) in [6.07, 6.45) is 0. The number of anilines is 2. The van der Waals surface area contributed by atoms with Gasteiger partial charge in [0.1, 0.15) is 6.54 Å². The monoisotopic (exact) mass is 366 g/mol. The first-order chi connectivity index (χ1) is 12.9. The molecule has 0 aromatic heterocycles. The van der Waals surface area contributed by atoms with E-state index in [1.54, 1.807) is 44.2 Å². The van der Waals surface area contributed by atoms with Gasteiger partial charge in [0.25, 0.3) is 11.8 Å². The standard InChI is InChI=1S/C19H18N4O4/c1-19(2)26-14-9-8-12(10-15(14)27-19)21-18(25)17-20-11-16(24)23(22-17)13-6-4-3-5-7-13/h3-10H,11H2,1-2H3,(H,20,22)(H,21,25). The topological polar surface area (TPSA) is 92.3 Å². The van der Waals surface area contributed by atoms with Crippen LogP contribution >= 0.6 is 0 Å². The van der Waals surface area contributed by atoms with Crippen molar-refractivity contribution in [1.29, 1.82) is 0 Å². The van der Waals surface area contributed by atoms with Gasteiger partial charge in [0, 0.05) is 25.6 Å². The molecule has 4 rings (SSSR count). The van der Waals surface area contributed by atoms with E-state index in [4.69, 9.17) is 9.47 Å². The third-order valence-electron chi connectivity index (χ3n) is 3.98. The molecule has 0 atom stereocenters. The second-order valence-electron chi connectivity index (χ2n) is 6.56. The SMILES string of the molecule is CC1(C)Oc2ccc(NC(=O)C3=NCC(=O)N(c4ccccc4)N3)cc2O1. The first-order valence-electron chi connectivity index (χ1n) is 8.44. The van der Waals surface area contributed by atoms with Gasteiger partial charge in [-0.3, -0.25) is 20.0 Å². The zero-order chi connectivity index (χ0) is 19.0. The van der Waals surface area contributed by atoms with Crippen molar-refractivity contribution in [3.05, 3.63) is 48.5 Å². The zero-order valence-electron chi connectivity index (χ0n) is 14.9. The molecule has 2 heterocycles. The van der Waals surface area contributed by atoms with Crippen molar-refractivity contribution >= 4 is 29.0 Å². The van der Waals surface area contributed by atoms with Gasteiger partial charge in [0.2, 0.25) is 11.6 Å². The van der Waals surface area contributed by atoms with Crippen molar-refractivity contribution in [3.63, 3.8) is 0 Å². The predicted octanol–water partition coefficient (Wildman–Crippen LogP) is 2.08. The summed E-state index contributed by atoms with van der Waals surface area (Å²) in [6, 6.07) is 14.1. The number of hydrogen-bond acceptors (Lipinski definition) is 6. The average molecular weight is 366 g/mol. The molecule has 0 spiro atoms. The Morgan fingerprint density at radius 3 is 2.67 bits per heavy atom. The minimum absolute atomic E-state index is 0.0523. The lowest BCUT2D eigenvalue weighted by Gasteiger charge is -2.27. The number of rotatable bonds is 3. The van der Waals surface area contributed by atoms with Crippen LogP contribution in [-0.4, -0.2) is 30.0 Å². The number of amidine groups is 1. The summed E-state index contributed by atoms with van der Waals surface area (Å²) >= 11 is 0. The van der Waals surface area contributed by atoms with Gasteiger partial charge in [0.15, 0.2) is 11.5 Å². The van der Waals surface area contributed by atoms with E-state index in [0.29, 0.717) is 22.9 Å². The first-order valence-corrected chi connectivity index (χ1v) is 8.44. The van der Waals surface area contributed by atoms with E-state index in [-0.39, 0.29) is 18.3 Å². The van der Waals surface area contributed by atoms with Crippen LogP contribution < -0.4 is 25.2 Å². The maximum atomic E-state index is 12.6. The van der Waals surface area contributed by atoms with Crippen molar-refractivity contribution < 1.29 is 19.1 Å². The lowest BCUT2D eigenvalue weighted by molar-refractivity contribution is -0.118. The van der Waals surface area contributed by atoms with E-state index in [2.05, 4.69) is 15.7 Å². The largest absolute Gasteiger partial charge is 0.449 e. The van der Waals surface area contributed by atoms with E-state index in [9.17, 15) is 9.59 Å². The van der Waals surface area contributed by atoms with Crippen LogP contribution in [0.25, 0.3) is 0 Å². The highest BCUT2D eigenvalue weighted by Gasteiger charge is 2.32. The second-order valence-corrected chi connectivity index (χ2v) is 6.56. The summed E-state index contributed by atoms with van der Waals surface area (Å²) < 4.78 is 11.3. The van der Waals surface area contributed by atoms with Crippen molar-refractivity contribution in [3.8, 4) is 11.5 Å². The summed E-state index contributed by atoms with van der Waals surface area (Å²) in [5, 5.41) is 4.06. The van der Waals surface area contributed by atoms with Crippen LogP contribution in [0.4, 0.5) is 11.4 Å². The first kappa shape index (κ1) is 16.9. The Hall–Kier alpha value is -3.55. The molecule has 0 unspecified atom stereocenters. The molecule has 0 aliphatic carbocycles. The Bertz CT molecular complexity index is 940. The molecule has 0 radical (unpaired) electrons. The van der Waals surface area contributed by atoms with Crippen LogP contribution in [0.1, 0.15) is 13.8 Å². The maximum Gasteiger partial charge on any atom is 0.292 e. The van der Waals surface area contributed by atoms with Gasteiger partial charge < -0.3 is 14.8 Å². The van der Waals surface area contributed by atoms with Crippen LogP contribution in [0.2, 0.25) is 0 Å². The number of hydrazine groups is 1. The number of carbonyl (C=O) groups is 2. The zero-order valence-corrected chi connectivity index (χ0v) is 14.9. The molecule has 0 saturated carbocycles. The molecule has 138 valence electrons. The van der Waals surface area contributed by atoms with Gasteiger partial charge in [-0.25, -0.2) is 5.01 Å². The molecular weight excluding hydrogens is 348 g/mol. The number of para-hydroxylation sites is 1. The van der Waals surface area contributed by atoms with Gasteiger partial charge >= 0.3 is 0 Å². The lowest BCUT2D eigenvalue weighted by Crippen LogP contribution is -2.54. The lowest BCUT2D eigenvalue weighted by atomic mass is 10.2. The van der Waals surface area contributed by atoms with Crippen molar-refractivity contribution in [2.75, 3.05) is 16.9 Å². The van der Waals surface area contributed by atoms with Crippen molar-refractivity contribution in [1.82, 2.24) is 5.43 Å². The number of aliphatic imine (C=N–C) groups is 1. The normalized spacial score (nSPS) is 17.2. The van der Waals surface area contributed by atoms with Gasteiger partial charge in [-0.1, -0.05) is 18.2 Å². The highest BCUT2D eigenvalue weighted by molar-refractivity contribution is 6.43. The third kappa shape index (κ3) is 3.41. The number of amides is 2. The number of nitrogens with one attached hydrogen (secondary N) is 2. The quantitative estimate of drug-likeness (QED) is 0.868. The summed E-state index contributed by atoms with van der Waals surface area (Å²) in [7, 11) is 0. The third-order valence-corrected chi connectivity index (χ3v) is 3.98. The van der Waals surface area contributed by atoms with Crippen LogP contribution in [0, 0.1) is 0 Å². The van der Waals surface area contributed by atoms with Crippen LogP contribution in [0.5, 0.6) is 11.5 Å². The number of fused-ring (bicyclic) bond motifs is 1. The fourth-order valence-corrected chi connectivity index (χ4v) is 2.82. The molecule has 2 aliphatic heterocycles. The Balaban J connectivity index is 1.48. The van der Waals surface area contributed by atoms with Gasteiger partial charge in [-0.05, 0) is 24.3 Å². The fraction of sp³-hybridized carbons (Fsp3) is 0.211. The molecule has 27 heavy (non-hydrogen) atoms. The summed E-state index contributed by atoms with van der Waals surface area (Å²) in [5.74, 6) is -0.221. The molecule has 2 N–H and O–H groups in total. The molecule has 2 aliphatic rings. The maximum absolute atomic E-state index is 12.6. The minimum Gasteiger partial charge on any atom is -0.449 e. The molecule has 0 bridgehead atoms. The van der Waals surface area contributed by atoms with Gasteiger partial charge in [0.05, 0.1) is 5.69 Å². The fourth-order valence-electron chi connectivity index (χ4n) is 2.82. The van der Waals surface area contributed by atoms with E-state index < -0.39 is 11.7 Å². The molecule has 8 heteroatoms. The molecule has 0 saturated heterocycles. The molecule has 0 fully saturated rings. The Morgan fingerprint density at radius 1 is 1.15 bits per heavy atom. The highest BCUT2D eigenvalue weighted by Crippen LogP contribution is 2.40. The molecule has 2 aromatic carbocycles. The number of nitrogens with zero attached hydrogens (tertiary/aromatic N) is 2.